The first kappa shape index (κ1) is 23.5. The lowest BCUT2D eigenvalue weighted by atomic mass is 9.73. The molecule has 3 aromatic rings. The van der Waals surface area contributed by atoms with Gasteiger partial charge in [0, 0.05) is 24.2 Å². The van der Waals surface area contributed by atoms with Crippen molar-refractivity contribution in [2.75, 3.05) is 31.2 Å². The van der Waals surface area contributed by atoms with Crippen LogP contribution in [0.1, 0.15) is 30.0 Å². The Morgan fingerprint density at radius 3 is 2.71 bits per heavy atom. The maximum Gasteiger partial charge on any atom is 0.416 e. The standard InChI is InChI=1S/C27H29F3N4O/c1-3-16-15-34-11-9-17(16)12-25(34)26(33-24-6-4-18(13-22(24)31)27(28,29)30)20-8-10-32-23-7-5-19(35-2)14-21(20)23/h3-8,10,13-14,16-17,25-26,33H,1,9,11-12,15,31H2,2H3/t16?,17-,25+,26+/m0/s1. The van der Waals surface area contributed by atoms with E-state index in [-0.39, 0.29) is 17.8 Å². The van der Waals surface area contributed by atoms with E-state index in [0.717, 1.165) is 60.3 Å². The van der Waals surface area contributed by atoms with Gasteiger partial charge in [0.05, 0.1) is 35.6 Å². The number of benzene rings is 2. The molecular formula is C27H29F3N4O. The summed E-state index contributed by atoms with van der Waals surface area (Å²) in [6, 6.07) is 11.2. The quantitative estimate of drug-likeness (QED) is 0.339. The van der Waals surface area contributed by atoms with Crippen LogP contribution in [0.15, 0.2) is 61.3 Å². The van der Waals surface area contributed by atoms with Crippen LogP contribution in [0.4, 0.5) is 24.5 Å². The van der Waals surface area contributed by atoms with Crippen molar-refractivity contribution in [2.24, 2.45) is 11.8 Å². The summed E-state index contributed by atoms with van der Waals surface area (Å²) in [5.74, 6) is 1.70. The fourth-order valence-corrected chi connectivity index (χ4v) is 5.69. The minimum absolute atomic E-state index is 0.0701. The van der Waals surface area contributed by atoms with E-state index < -0.39 is 11.7 Å². The number of aromatic nitrogens is 1. The SMILES string of the molecule is C=CC1CN2CC[C@H]1C[C@@H]2[C@H](Nc1ccc(C(F)(F)F)cc1N)c1ccnc2ccc(OC)cc12. The molecule has 3 N–H and O–H groups in total. The van der Waals surface area contributed by atoms with Crippen molar-refractivity contribution < 1.29 is 17.9 Å². The Morgan fingerprint density at radius 2 is 2.06 bits per heavy atom. The van der Waals surface area contributed by atoms with Gasteiger partial charge in [-0.2, -0.15) is 13.2 Å². The van der Waals surface area contributed by atoms with Gasteiger partial charge in [0.25, 0.3) is 0 Å². The van der Waals surface area contributed by atoms with Gasteiger partial charge in [0.1, 0.15) is 5.75 Å². The van der Waals surface area contributed by atoms with Crippen molar-refractivity contribution in [1.82, 2.24) is 9.88 Å². The second-order valence-electron chi connectivity index (χ2n) is 9.45. The topological polar surface area (TPSA) is 63.4 Å². The highest BCUT2D eigenvalue weighted by Gasteiger charge is 2.43. The molecule has 3 fully saturated rings. The van der Waals surface area contributed by atoms with Crippen LogP contribution in [-0.4, -0.2) is 36.1 Å². The van der Waals surface area contributed by atoms with Crippen LogP contribution in [-0.2, 0) is 6.18 Å². The van der Waals surface area contributed by atoms with E-state index in [1.54, 1.807) is 13.3 Å². The average Bonchev–Trinajstić information content (AvgIpc) is 2.87. The fourth-order valence-electron chi connectivity index (χ4n) is 5.69. The first-order chi connectivity index (χ1) is 16.8. The number of methoxy groups -OCH3 is 1. The van der Waals surface area contributed by atoms with Gasteiger partial charge in [0.2, 0.25) is 0 Å². The number of piperidine rings is 3. The molecular weight excluding hydrogens is 453 g/mol. The van der Waals surface area contributed by atoms with Crippen molar-refractivity contribution in [3.8, 4) is 5.75 Å². The van der Waals surface area contributed by atoms with Crippen LogP contribution in [0.2, 0.25) is 0 Å². The summed E-state index contributed by atoms with van der Waals surface area (Å²) in [6.07, 6.45) is 1.46. The Hall–Kier alpha value is -3.26. The number of fused-ring (bicyclic) bond motifs is 4. The fraction of sp³-hybridized carbons (Fsp3) is 0.370. The Morgan fingerprint density at radius 1 is 1.23 bits per heavy atom. The first-order valence-corrected chi connectivity index (χ1v) is 11.8. The number of nitrogen functional groups attached to an aromatic ring is 1. The average molecular weight is 483 g/mol. The predicted molar refractivity (Wildman–Crippen MR) is 132 cm³/mol. The van der Waals surface area contributed by atoms with Crippen LogP contribution in [0.5, 0.6) is 5.75 Å². The van der Waals surface area contributed by atoms with E-state index in [9.17, 15) is 13.2 Å². The van der Waals surface area contributed by atoms with E-state index in [2.05, 4.69) is 27.9 Å². The van der Waals surface area contributed by atoms with Crippen LogP contribution in [0.25, 0.3) is 10.9 Å². The third kappa shape index (κ3) is 4.43. The maximum atomic E-state index is 13.2. The van der Waals surface area contributed by atoms with E-state index >= 15 is 0 Å². The molecule has 1 aromatic heterocycles. The number of hydrogen-bond donors (Lipinski definition) is 2. The van der Waals surface area contributed by atoms with Crippen molar-refractivity contribution in [1.29, 1.82) is 0 Å². The summed E-state index contributed by atoms with van der Waals surface area (Å²) < 4.78 is 45.1. The van der Waals surface area contributed by atoms with Gasteiger partial charge in [0.15, 0.2) is 0 Å². The number of nitrogens with zero attached hydrogens (tertiary/aromatic N) is 2. The summed E-state index contributed by atoms with van der Waals surface area (Å²) >= 11 is 0. The highest BCUT2D eigenvalue weighted by molar-refractivity contribution is 5.84. The molecule has 2 unspecified atom stereocenters. The van der Waals surface area contributed by atoms with Gasteiger partial charge in [-0.05, 0) is 79.3 Å². The largest absolute Gasteiger partial charge is 0.497 e. The highest BCUT2D eigenvalue weighted by atomic mass is 19.4. The second-order valence-corrected chi connectivity index (χ2v) is 9.45. The first-order valence-electron chi connectivity index (χ1n) is 11.8. The summed E-state index contributed by atoms with van der Waals surface area (Å²) in [7, 11) is 1.62. The summed E-state index contributed by atoms with van der Waals surface area (Å²) in [5, 5.41) is 4.47. The summed E-state index contributed by atoms with van der Waals surface area (Å²) in [5.41, 5.74) is 7.77. The predicted octanol–water partition coefficient (Wildman–Crippen LogP) is 5.89. The van der Waals surface area contributed by atoms with Crippen molar-refractivity contribution >= 4 is 22.3 Å². The van der Waals surface area contributed by atoms with Gasteiger partial charge in [-0.25, -0.2) is 0 Å². The van der Waals surface area contributed by atoms with Crippen LogP contribution in [0, 0.1) is 11.8 Å². The molecule has 2 bridgehead atoms. The lowest BCUT2D eigenvalue weighted by molar-refractivity contribution is -0.137. The number of rotatable bonds is 6. The molecule has 3 aliphatic rings. The van der Waals surface area contributed by atoms with Gasteiger partial charge in [-0.1, -0.05) is 6.08 Å². The van der Waals surface area contributed by atoms with E-state index in [4.69, 9.17) is 10.5 Å². The number of halogens is 3. The zero-order chi connectivity index (χ0) is 24.7. The summed E-state index contributed by atoms with van der Waals surface area (Å²) in [4.78, 5) is 6.99. The lowest BCUT2D eigenvalue weighted by Crippen LogP contribution is -2.56. The van der Waals surface area contributed by atoms with Crippen molar-refractivity contribution in [3.63, 3.8) is 0 Å². The molecule has 5 atom stereocenters. The molecule has 184 valence electrons. The van der Waals surface area contributed by atoms with Gasteiger partial charge < -0.3 is 15.8 Å². The monoisotopic (exact) mass is 482 g/mol. The Labute approximate surface area is 202 Å². The van der Waals surface area contributed by atoms with Gasteiger partial charge in [-0.3, -0.25) is 9.88 Å². The molecule has 4 heterocycles. The minimum atomic E-state index is -4.45. The van der Waals surface area contributed by atoms with Crippen LogP contribution in [0.3, 0.4) is 0 Å². The van der Waals surface area contributed by atoms with Gasteiger partial charge in [-0.15, -0.1) is 6.58 Å². The second kappa shape index (κ2) is 9.07. The number of nitrogens with two attached hydrogens (primary N) is 1. The molecule has 8 heteroatoms. The third-order valence-electron chi connectivity index (χ3n) is 7.55. The zero-order valence-corrected chi connectivity index (χ0v) is 19.6. The number of nitrogens with one attached hydrogen (secondary N) is 1. The van der Waals surface area contributed by atoms with E-state index in [0.29, 0.717) is 17.5 Å². The zero-order valence-electron chi connectivity index (χ0n) is 19.6. The Bertz CT molecular complexity index is 1240. The number of ether oxygens (including phenoxy) is 1. The molecule has 35 heavy (non-hydrogen) atoms. The van der Waals surface area contributed by atoms with Gasteiger partial charge >= 0.3 is 6.18 Å². The summed E-state index contributed by atoms with van der Waals surface area (Å²) in [6.45, 7) is 5.93. The Kier molecular flexibility index (Phi) is 6.09. The molecule has 5 nitrogen and oxygen atoms in total. The Balaban J connectivity index is 1.59. The molecule has 2 aromatic carbocycles. The van der Waals surface area contributed by atoms with Crippen LogP contribution >= 0.6 is 0 Å². The minimum Gasteiger partial charge on any atom is -0.497 e. The number of pyridine rings is 1. The molecule has 6 rings (SSSR count). The number of hydrogen-bond acceptors (Lipinski definition) is 5. The van der Waals surface area contributed by atoms with Crippen LogP contribution < -0.4 is 15.8 Å². The molecule has 0 radical (unpaired) electrons. The normalized spacial score (nSPS) is 24.8. The number of anilines is 2. The van der Waals surface area contributed by atoms with E-state index in [1.807, 2.05) is 24.3 Å². The van der Waals surface area contributed by atoms with Crippen molar-refractivity contribution in [3.05, 3.63) is 72.4 Å². The smallest absolute Gasteiger partial charge is 0.416 e. The molecule has 0 amide bonds. The number of alkyl halides is 3. The molecule has 3 saturated heterocycles. The third-order valence-corrected chi connectivity index (χ3v) is 7.55. The molecule has 0 spiro atoms. The highest BCUT2D eigenvalue weighted by Crippen LogP contribution is 2.44. The molecule has 0 saturated carbocycles. The van der Waals surface area contributed by atoms with Crippen molar-refractivity contribution in [2.45, 2.75) is 31.1 Å². The molecule has 3 aliphatic heterocycles. The lowest BCUT2D eigenvalue weighted by Gasteiger charge is -2.52. The van der Waals surface area contributed by atoms with E-state index in [1.165, 1.54) is 6.07 Å². The molecule has 0 aliphatic carbocycles. The maximum absolute atomic E-state index is 13.2.